The summed E-state index contributed by atoms with van der Waals surface area (Å²) in [4.78, 5) is 11.2. The molecule has 0 aliphatic rings. The average Bonchev–Trinajstić information content (AvgIpc) is 1.89. The molecular weight excluding hydrogens is 126 g/mol. The molecule has 0 atom stereocenters. The molecule has 2 nitrogen and oxygen atoms in total. The molecule has 0 rings (SSSR count). The van der Waals surface area contributed by atoms with Crippen LogP contribution in [0, 0.1) is 0 Å². The zero-order valence-corrected chi connectivity index (χ0v) is 7.22. The molecule has 0 aliphatic carbocycles. The molecule has 0 aliphatic heterocycles. The van der Waals surface area contributed by atoms with Gasteiger partial charge in [-0.15, -0.1) is 0 Å². The van der Waals surface area contributed by atoms with Crippen molar-refractivity contribution < 1.29 is 9.28 Å². The minimum atomic E-state index is 0.157. The van der Waals surface area contributed by atoms with E-state index < -0.39 is 0 Å². The fraction of sp³-hybridized carbons (Fsp3) is 0.625. The van der Waals surface area contributed by atoms with E-state index in [1.807, 2.05) is 27.9 Å². The lowest BCUT2D eigenvalue weighted by molar-refractivity contribution is -0.809. The van der Waals surface area contributed by atoms with Crippen molar-refractivity contribution in [1.82, 2.24) is 0 Å². The number of rotatable bonds is 2. The maximum atomic E-state index is 11.2. The van der Waals surface area contributed by atoms with Gasteiger partial charge in [-0.05, 0) is 13.8 Å². The Morgan fingerprint density at radius 2 is 2.00 bits per heavy atom. The van der Waals surface area contributed by atoms with Gasteiger partial charge in [0, 0.05) is 6.08 Å². The van der Waals surface area contributed by atoms with Crippen LogP contribution in [-0.4, -0.2) is 31.0 Å². The van der Waals surface area contributed by atoms with Gasteiger partial charge in [0.25, 0.3) is 0 Å². The average molecular weight is 142 g/mol. The van der Waals surface area contributed by atoms with Crippen LogP contribution in [-0.2, 0) is 4.79 Å². The Morgan fingerprint density at radius 3 is 2.30 bits per heavy atom. The predicted molar refractivity (Wildman–Crippen MR) is 42.5 cm³/mol. The Hall–Kier alpha value is -0.630. The highest BCUT2D eigenvalue weighted by Gasteiger charge is 2.19. The third-order valence-corrected chi connectivity index (χ3v) is 1.70. The molecule has 0 heterocycles. The highest BCUT2D eigenvalue weighted by atomic mass is 16.2. The van der Waals surface area contributed by atoms with Crippen molar-refractivity contribution >= 4 is 5.91 Å². The summed E-state index contributed by atoms with van der Waals surface area (Å²) >= 11 is 0. The Kier molecular flexibility index (Phi) is 3.30. The zero-order valence-electron chi connectivity index (χ0n) is 7.22. The van der Waals surface area contributed by atoms with E-state index in [1.165, 1.54) is 0 Å². The topological polar surface area (TPSA) is 17.1 Å². The van der Waals surface area contributed by atoms with E-state index in [4.69, 9.17) is 0 Å². The Morgan fingerprint density at radius 1 is 1.50 bits per heavy atom. The number of allylic oxidation sites excluding steroid dienone is 1. The van der Waals surface area contributed by atoms with Crippen molar-refractivity contribution in [2.24, 2.45) is 0 Å². The van der Waals surface area contributed by atoms with Gasteiger partial charge in [-0.1, -0.05) is 6.08 Å². The van der Waals surface area contributed by atoms with E-state index in [0.717, 1.165) is 6.54 Å². The van der Waals surface area contributed by atoms with Crippen molar-refractivity contribution in [3.63, 3.8) is 0 Å². The molecule has 58 valence electrons. The summed E-state index contributed by atoms with van der Waals surface area (Å²) in [6.45, 7) is 4.69. The van der Waals surface area contributed by atoms with E-state index in [0.29, 0.717) is 4.48 Å². The standard InChI is InChI=1S/C8H16NO/c1-5-7-8(10)9(3,4)6-2/h5,7H,6H2,1-4H3/q+1. The maximum absolute atomic E-state index is 11.2. The van der Waals surface area contributed by atoms with Crippen molar-refractivity contribution in [3.8, 4) is 0 Å². The normalized spacial score (nSPS) is 12.4. The molecule has 0 unspecified atom stereocenters. The first-order valence-corrected chi connectivity index (χ1v) is 3.54. The predicted octanol–water partition coefficient (Wildman–Crippen LogP) is 1.19. The first kappa shape index (κ1) is 9.37. The molecule has 10 heavy (non-hydrogen) atoms. The largest absolute Gasteiger partial charge is 0.337 e. The van der Waals surface area contributed by atoms with Crippen LogP contribution in [0.25, 0.3) is 0 Å². The second kappa shape index (κ2) is 3.52. The number of nitrogens with zero attached hydrogens (tertiary/aromatic N) is 1. The summed E-state index contributed by atoms with van der Waals surface area (Å²) in [6, 6.07) is 0. The van der Waals surface area contributed by atoms with Crippen molar-refractivity contribution in [3.05, 3.63) is 12.2 Å². The van der Waals surface area contributed by atoms with Gasteiger partial charge in [-0.25, -0.2) is 4.79 Å². The summed E-state index contributed by atoms with van der Waals surface area (Å²) in [5.74, 6) is 0.157. The number of carbonyl (C=O) groups excluding carboxylic acids is 1. The second-order valence-corrected chi connectivity index (χ2v) is 2.84. The molecule has 0 radical (unpaired) electrons. The molecule has 0 saturated heterocycles. The lowest BCUT2D eigenvalue weighted by atomic mass is 10.4. The van der Waals surface area contributed by atoms with Gasteiger partial charge in [0.2, 0.25) is 0 Å². The van der Waals surface area contributed by atoms with E-state index in [1.54, 1.807) is 12.2 Å². The number of hydrogen-bond donors (Lipinski definition) is 0. The number of quaternary nitrogens is 1. The molecule has 1 amide bonds. The van der Waals surface area contributed by atoms with Gasteiger partial charge in [0.05, 0.1) is 20.6 Å². The Labute approximate surface area is 62.7 Å². The third kappa shape index (κ3) is 2.31. The lowest BCUT2D eigenvalue weighted by Gasteiger charge is -2.22. The fourth-order valence-corrected chi connectivity index (χ4v) is 0.500. The van der Waals surface area contributed by atoms with Crippen LogP contribution in [0.5, 0.6) is 0 Å². The highest BCUT2D eigenvalue weighted by molar-refractivity contribution is 5.81. The first-order valence-electron chi connectivity index (χ1n) is 3.54. The molecule has 0 aromatic heterocycles. The van der Waals surface area contributed by atoms with Crippen molar-refractivity contribution in [2.45, 2.75) is 13.8 Å². The molecule has 0 aromatic carbocycles. The van der Waals surface area contributed by atoms with Gasteiger partial charge >= 0.3 is 5.91 Å². The first-order chi connectivity index (χ1) is 4.54. The molecule has 0 N–H and O–H groups in total. The summed E-state index contributed by atoms with van der Waals surface area (Å²) in [5, 5.41) is 0. The molecule has 2 heteroatoms. The second-order valence-electron chi connectivity index (χ2n) is 2.84. The van der Waals surface area contributed by atoms with Crippen molar-refractivity contribution in [1.29, 1.82) is 0 Å². The number of amides is 1. The fourth-order valence-electron chi connectivity index (χ4n) is 0.500. The smallest absolute Gasteiger partial charge is 0.262 e. The molecular formula is C8H16NO+. The highest BCUT2D eigenvalue weighted by Crippen LogP contribution is 1.97. The van der Waals surface area contributed by atoms with E-state index >= 15 is 0 Å². The molecule has 0 spiro atoms. The SMILES string of the molecule is CC=CC(=O)[N+](C)(C)CC. The van der Waals surface area contributed by atoms with Crippen LogP contribution in [0.3, 0.4) is 0 Å². The minimum Gasteiger partial charge on any atom is -0.262 e. The van der Waals surface area contributed by atoms with Crippen LogP contribution >= 0.6 is 0 Å². The van der Waals surface area contributed by atoms with Crippen LogP contribution in [0.1, 0.15) is 13.8 Å². The summed E-state index contributed by atoms with van der Waals surface area (Å²) < 4.78 is 0.435. The van der Waals surface area contributed by atoms with Crippen LogP contribution < -0.4 is 0 Å². The lowest BCUT2D eigenvalue weighted by Crippen LogP contribution is -2.44. The number of likely N-dealkylation sites (N-methyl/N-ethyl adjacent to an activating group) is 1. The monoisotopic (exact) mass is 142 g/mol. The minimum absolute atomic E-state index is 0.157. The molecule has 0 bridgehead atoms. The van der Waals surface area contributed by atoms with Gasteiger partial charge in [-0.3, -0.25) is 4.48 Å². The van der Waals surface area contributed by atoms with Gasteiger partial charge < -0.3 is 0 Å². The van der Waals surface area contributed by atoms with Gasteiger partial charge in [0.15, 0.2) is 0 Å². The van der Waals surface area contributed by atoms with E-state index in [2.05, 4.69) is 0 Å². The number of hydrogen-bond acceptors (Lipinski definition) is 1. The van der Waals surface area contributed by atoms with E-state index in [9.17, 15) is 4.79 Å². The van der Waals surface area contributed by atoms with Crippen molar-refractivity contribution in [2.75, 3.05) is 20.6 Å². The number of carbonyl (C=O) groups is 1. The maximum Gasteiger partial charge on any atom is 0.337 e. The Bertz CT molecular complexity index is 147. The van der Waals surface area contributed by atoms with Gasteiger partial charge in [-0.2, -0.15) is 0 Å². The molecule has 0 aromatic rings. The summed E-state index contributed by atoms with van der Waals surface area (Å²) in [6.07, 6.45) is 3.39. The zero-order chi connectivity index (χ0) is 8.20. The van der Waals surface area contributed by atoms with Crippen LogP contribution in [0.2, 0.25) is 0 Å². The quantitative estimate of drug-likeness (QED) is 0.418. The van der Waals surface area contributed by atoms with E-state index in [-0.39, 0.29) is 5.91 Å². The van der Waals surface area contributed by atoms with Gasteiger partial charge in [0.1, 0.15) is 0 Å². The Balaban J connectivity index is 4.18. The third-order valence-electron chi connectivity index (χ3n) is 1.70. The molecule has 0 saturated carbocycles. The summed E-state index contributed by atoms with van der Waals surface area (Å²) in [5.41, 5.74) is 0. The van der Waals surface area contributed by atoms with Crippen LogP contribution in [0.4, 0.5) is 0 Å². The molecule has 0 fully saturated rings. The van der Waals surface area contributed by atoms with Crippen LogP contribution in [0.15, 0.2) is 12.2 Å². The summed E-state index contributed by atoms with van der Waals surface area (Å²) in [7, 11) is 3.81.